The summed E-state index contributed by atoms with van der Waals surface area (Å²) in [4.78, 5) is 13.9. The summed E-state index contributed by atoms with van der Waals surface area (Å²) in [7, 11) is 0. The van der Waals surface area contributed by atoms with E-state index in [9.17, 15) is 4.79 Å². The average Bonchev–Trinajstić information content (AvgIpc) is 2.48. The maximum absolute atomic E-state index is 12.1. The fraction of sp³-hybridized carbons (Fsp3) is 0.611. The molecule has 0 bridgehead atoms. The molecule has 0 saturated carbocycles. The van der Waals surface area contributed by atoms with Crippen molar-refractivity contribution in [3.63, 3.8) is 0 Å². The molecule has 1 amide bonds. The van der Waals surface area contributed by atoms with Gasteiger partial charge in [0.2, 0.25) is 0 Å². The minimum Gasteiger partial charge on any atom is -0.444 e. The largest absolute Gasteiger partial charge is 0.444 e. The van der Waals surface area contributed by atoms with Crippen LogP contribution < -0.4 is 11.1 Å². The molecule has 0 atom stereocenters. The first kappa shape index (κ1) is 17.4. The summed E-state index contributed by atoms with van der Waals surface area (Å²) in [6.45, 7) is 10.1. The van der Waals surface area contributed by atoms with Crippen molar-refractivity contribution < 1.29 is 9.53 Å². The number of carbonyl (C=O) groups is 1. The summed E-state index contributed by atoms with van der Waals surface area (Å²) in [5, 5.41) is 3.26. The highest BCUT2D eigenvalue weighted by molar-refractivity contribution is 5.69. The zero-order valence-electron chi connectivity index (χ0n) is 14.7. The first-order valence-electron chi connectivity index (χ1n) is 8.41. The second-order valence-corrected chi connectivity index (χ2v) is 7.12. The first-order valence-corrected chi connectivity index (χ1v) is 8.41. The molecule has 23 heavy (non-hydrogen) atoms. The molecule has 1 aromatic carbocycles. The third-order valence-electron chi connectivity index (χ3n) is 4.06. The molecule has 1 aliphatic heterocycles. The third-order valence-corrected chi connectivity index (χ3v) is 4.06. The zero-order valence-corrected chi connectivity index (χ0v) is 14.7. The molecule has 5 heteroatoms. The number of rotatable bonds is 3. The van der Waals surface area contributed by atoms with Crippen molar-refractivity contribution in [3.8, 4) is 0 Å². The molecule has 128 valence electrons. The fourth-order valence-electron chi connectivity index (χ4n) is 2.91. The molecule has 0 unspecified atom stereocenters. The van der Waals surface area contributed by atoms with Crippen LogP contribution in [0, 0.1) is 0 Å². The molecule has 3 N–H and O–H groups in total. The lowest BCUT2D eigenvalue weighted by Gasteiger charge is -2.33. The van der Waals surface area contributed by atoms with Crippen molar-refractivity contribution >= 4 is 17.5 Å². The Morgan fingerprint density at radius 2 is 2.00 bits per heavy atom. The molecule has 1 aromatic rings. The molecule has 5 nitrogen and oxygen atoms in total. The highest BCUT2D eigenvalue weighted by Crippen LogP contribution is 2.32. The summed E-state index contributed by atoms with van der Waals surface area (Å²) < 4.78 is 5.44. The maximum atomic E-state index is 12.1. The van der Waals surface area contributed by atoms with Gasteiger partial charge in [-0.15, -0.1) is 0 Å². The van der Waals surface area contributed by atoms with Crippen LogP contribution in [0.3, 0.4) is 0 Å². The molecule has 1 heterocycles. The predicted octanol–water partition coefficient (Wildman–Crippen LogP) is 3.82. The number of ether oxygens (including phenoxy) is 1. The number of nitrogens with zero attached hydrogens (tertiary/aromatic N) is 1. The van der Waals surface area contributed by atoms with E-state index in [1.807, 2.05) is 20.8 Å². The Kier molecular flexibility index (Phi) is 5.39. The van der Waals surface area contributed by atoms with E-state index in [0.29, 0.717) is 5.92 Å². The van der Waals surface area contributed by atoms with Crippen LogP contribution in [-0.4, -0.2) is 36.2 Å². The number of anilines is 2. The van der Waals surface area contributed by atoms with Gasteiger partial charge in [-0.25, -0.2) is 4.79 Å². The number of amides is 1. The number of carbonyl (C=O) groups excluding carboxylic acids is 1. The SMILES string of the molecule is CCNc1ccc(C2CCN(C(=O)OC(C)(C)C)CC2)cc1N. The molecule has 0 aliphatic carbocycles. The number of nitrogens with two attached hydrogens (primary N) is 1. The number of nitrogens with one attached hydrogen (secondary N) is 1. The lowest BCUT2D eigenvalue weighted by atomic mass is 9.89. The van der Waals surface area contributed by atoms with E-state index < -0.39 is 5.60 Å². The minimum atomic E-state index is -0.440. The van der Waals surface area contributed by atoms with E-state index in [-0.39, 0.29) is 6.09 Å². The highest BCUT2D eigenvalue weighted by atomic mass is 16.6. The van der Waals surface area contributed by atoms with E-state index in [2.05, 4.69) is 30.4 Å². The van der Waals surface area contributed by atoms with E-state index in [1.165, 1.54) is 5.56 Å². The first-order chi connectivity index (χ1) is 10.8. The van der Waals surface area contributed by atoms with Crippen LogP contribution in [0.1, 0.15) is 52.0 Å². The maximum Gasteiger partial charge on any atom is 0.410 e. The third kappa shape index (κ3) is 4.78. The Morgan fingerprint density at radius 3 is 2.52 bits per heavy atom. The van der Waals surface area contributed by atoms with E-state index in [0.717, 1.165) is 43.9 Å². The Morgan fingerprint density at radius 1 is 1.35 bits per heavy atom. The minimum absolute atomic E-state index is 0.210. The topological polar surface area (TPSA) is 67.6 Å². The lowest BCUT2D eigenvalue weighted by Crippen LogP contribution is -2.41. The number of piperidine rings is 1. The van der Waals surface area contributed by atoms with Crippen molar-refractivity contribution in [2.24, 2.45) is 0 Å². The van der Waals surface area contributed by atoms with Gasteiger partial charge in [-0.2, -0.15) is 0 Å². The van der Waals surface area contributed by atoms with Gasteiger partial charge in [-0.05, 0) is 64.2 Å². The van der Waals surface area contributed by atoms with E-state index in [4.69, 9.17) is 10.5 Å². The second kappa shape index (κ2) is 7.11. The number of nitrogen functional groups attached to an aromatic ring is 1. The van der Waals surface area contributed by atoms with Crippen LogP contribution in [0.2, 0.25) is 0 Å². The fourth-order valence-corrected chi connectivity index (χ4v) is 2.91. The predicted molar refractivity (Wildman–Crippen MR) is 94.8 cm³/mol. The summed E-state index contributed by atoms with van der Waals surface area (Å²) in [5.41, 5.74) is 8.71. The van der Waals surface area contributed by atoms with Gasteiger partial charge in [0, 0.05) is 19.6 Å². The van der Waals surface area contributed by atoms with Gasteiger partial charge in [0.1, 0.15) is 5.60 Å². The lowest BCUT2D eigenvalue weighted by molar-refractivity contribution is 0.0205. The molecule has 0 spiro atoms. The van der Waals surface area contributed by atoms with Crippen LogP contribution in [0.25, 0.3) is 0 Å². The van der Waals surface area contributed by atoms with Gasteiger partial charge in [-0.1, -0.05) is 6.07 Å². The van der Waals surface area contributed by atoms with Crippen LogP contribution in [0.15, 0.2) is 18.2 Å². The van der Waals surface area contributed by atoms with Gasteiger partial charge in [0.15, 0.2) is 0 Å². The summed E-state index contributed by atoms with van der Waals surface area (Å²) in [6, 6.07) is 6.25. The average molecular weight is 319 g/mol. The monoisotopic (exact) mass is 319 g/mol. The summed E-state index contributed by atoms with van der Waals surface area (Å²) in [6.07, 6.45) is 1.68. The van der Waals surface area contributed by atoms with Crippen molar-refractivity contribution in [1.29, 1.82) is 0 Å². The second-order valence-electron chi connectivity index (χ2n) is 7.12. The van der Waals surface area contributed by atoms with Gasteiger partial charge >= 0.3 is 6.09 Å². The van der Waals surface area contributed by atoms with Crippen molar-refractivity contribution in [3.05, 3.63) is 23.8 Å². The number of hydrogen-bond donors (Lipinski definition) is 2. The molecule has 1 saturated heterocycles. The number of hydrogen-bond acceptors (Lipinski definition) is 4. The molecule has 1 aliphatic rings. The van der Waals surface area contributed by atoms with Gasteiger partial charge in [0.05, 0.1) is 11.4 Å². The normalized spacial score (nSPS) is 16.3. The molecule has 1 fully saturated rings. The quantitative estimate of drug-likeness (QED) is 0.831. The van der Waals surface area contributed by atoms with Crippen LogP contribution in [0.4, 0.5) is 16.2 Å². The van der Waals surface area contributed by atoms with Crippen LogP contribution in [0.5, 0.6) is 0 Å². The standard InChI is InChI=1S/C18H29N3O2/c1-5-20-16-7-6-14(12-15(16)19)13-8-10-21(11-9-13)17(22)23-18(2,3)4/h6-7,12-13,20H,5,8-11,19H2,1-4H3. The van der Waals surface area contributed by atoms with Gasteiger partial charge < -0.3 is 20.7 Å². The van der Waals surface area contributed by atoms with Gasteiger partial charge in [-0.3, -0.25) is 0 Å². The smallest absolute Gasteiger partial charge is 0.410 e. The molecule has 0 aromatic heterocycles. The van der Waals surface area contributed by atoms with Gasteiger partial charge in [0.25, 0.3) is 0 Å². The molecule has 0 radical (unpaired) electrons. The number of benzene rings is 1. The Bertz CT molecular complexity index is 544. The zero-order chi connectivity index (χ0) is 17.0. The van der Waals surface area contributed by atoms with Crippen LogP contribution >= 0.6 is 0 Å². The summed E-state index contributed by atoms with van der Waals surface area (Å²) in [5.74, 6) is 0.451. The van der Waals surface area contributed by atoms with E-state index in [1.54, 1.807) is 4.90 Å². The molecule has 2 rings (SSSR count). The van der Waals surface area contributed by atoms with Crippen molar-refractivity contribution in [1.82, 2.24) is 4.90 Å². The Hall–Kier alpha value is -1.91. The van der Waals surface area contributed by atoms with E-state index >= 15 is 0 Å². The van der Waals surface area contributed by atoms with Crippen LogP contribution in [-0.2, 0) is 4.74 Å². The highest BCUT2D eigenvalue weighted by Gasteiger charge is 2.27. The molecular formula is C18H29N3O2. The van der Waals surface area contributed by atoms with Crippen molar-refractivity contribution in [2.45, 2.75) is 52.1 Å². The molecular weight excluding hydrogens is 290 g/mol. The Balaban J connectivity index is 1.94. The van der Waals surface area contributed by atoms with Crippen molar-refractivity contribution in [2.75, 3.05) is 30.7 Å². The summed E-state index contributed by atoms with van der Waals surface area (Å²) >= 11 is 0. The Labute approximate surface area is 139 Å². The number of likely N-dealkylation sites (tertiary alicyclic amines) is 1.